The molecule has 9 nitrogen and oxygen atoms in total. The van der Waals surface area contributed by atoms with Gasteiger partial charge in [0.15, 0.2) is 5.82 Å². The van der Waals surface area contributed by atoms with Crippen LogP contribution in [-0.2, 0) is 12.6 Å². The highest BCUT2D eigenvalue weighted by Gasteiger charge is 2.31. The van der Waals surface area contributed by atoms with Crippen molar-refractivity contribution in [1.29, 1.82) is 0 Å². The number of aryl methyl sites for hydroxylation is 1. The van der Waals surface area contributed by atoms with Crippen LogP contribution in [0.5, 0.6) is 0 Å². The van der Waals surface area contributed by atoms with Gasteiger partial charge in [-0.2, -0.15) is 18.3 Å². The Hall–Kier alpha value is -4.04. The van der Waals surface area contributed by atoms with Crippen molar-refractivity contribution in [2.45, 2.75) is 38.3 Å². The number of fused-ring (bicyclic) bond motifs is 1. The zero-order chi connectivity index (χ0) is 29.7. The van der Waals surface area contributed by atoms with Crippen molar-refractivity contribution in [2.24, 2.45) is 0 Å². The van der Waals surface area contributed by atoms with Gasteiger partial charge in [0.05, 0.1) is 23.6 Å². The third-order valence-electron chi connectivity index (χ3n) is 6.83. The first-order valence-electron chi connectivity index (χ1n) is 13.0. The fourth-order valence-corrected chi connectivity index (χ4v) is 4.75. The Morgan fingerprint density at radius 1 is 1.22 bits per heavy atom. The second-order valence-corrected chi connectivity index (χ2v) is 9.52. The molecular formula is C27H30F5N7O2. The standard InChI is InChI=1S/C27H30F5N7O2/c1-2-38(10-11-40)9-3-4-18-14-19(24-25(33)34-15-35-39(18)24)16-5-8-22(21(29)12-16)36-26(41)37-23-13-17(27(30,31)32)6-7-20(23)28/h5-8,13-16,40H,2-4,9-12H2,1H3,(H2,33,34,35)(H2,36,37,41). The van der Waals surface area contributed by atoms with Crippen LogP contribution in [0.4, 0.5) is 38.3 Å². The number of nitrogens with one attached hydrogen (secondary N) is 2. The number of aliphatic hydroxyl groups is 1. The molecule has 41 heavy (non-hydrogen) atoms. The lowest BCUT2D eigenvalue weighted by Gasteiger charge is -2.19. The van der Waals surface area contributed by atoms with Crippen molar-refractivity contribution in [3.63, 3.8) is 0 Å². The van der Waals surface area contributed by atoms with E-state index in [1.54, 1.807) is 10.6 Å². The number of likely N-dealkylation sites (N-methyl/N-ethyl adjacent to an activating group) is 1. The van der Waals surface area contributed by atoms with Crippen molar-refractivity contribution in [2.75, 3.05) is 37.3 Å². The number of nitrogens with zero attached hydrogens (tertiary/aromatic N) is 4. The average Bonchev–Trinajstić information content (AvgIpc) is 3.29. The lowest BCUT2D eigenvalue weighted by molar-refractivity contribution is -0.137. The summed E-state index contributed by atoms with van der Waals surface area (Å²) < 4.78 is 69.7. The maximum absolute atomic E-state index is 15.2. The lowest BCUT2D eigenvalue weighted by Crippen LogP contribution is -2.29. The maximum Gasteiger partial charge on any atom is 0.416 e. The van der Waals surface area contributed by atoms with E-state index in [2.05, 4.69) is 20.3 Å². The van der Waals surface area contributed by atoms with Crippen molar-refractivity contribution >= 4 is 23.1 Å². The first-order valence-corrected chi connectivity index (χ1v) is 13.0. The van der Waals surface area contributed by atoms with E-state index >= 15 is 4.39 Å². The van der Waals surface area contributed by atoms with Crippen LogP contribution < -0.4 is 16.4 Å². The van der Waals surface area contributed by atoms with Crippen molar-refractivity contribution in [3.05, 3.63) is 76.9 Å². The van der Waals surface area contributed by atoms with Gasteiger partial charge in [-0.15, -0.1) is 0 Å². The van der Waals surface area contributed by atoms with Crippen LogP contribution in [-0.4, -0.2) is 56.9 Å². The minimum absolute atomic E-state index is 0.0730. The first-order chi connectivity index (χ1) is 19.5. The molecule has 0 radical (unpaired) electrons. The summed E-state index contributed by atoms with van der Waals surface area (Å²) in [5.74, 6) is -2.01. The van der Waals surface area contributed by atoms with E-state index < -0.39 is 41.0 Å². The average molecular weight is 580 g/mol. The third kappa shape index (κ3) is 7.00. The number of aromatic nitrogens is 3. The van der Waals surface area contributed by atoms with Crippen molar-refractivity contribution < 1.29 is 31.9 Å². The molecular weight excluding hydrogens is 549 g/mol. The zero-order valence-electron chi connectivity index (χ0n) is 22.2. The number of hydrogen-bond acceptors (Lipinski definition) is 6. The van der Waals surface area contributed by atoms with Crippen LogP contribution in [0, 0.1) is 5.82 Å². The van der Waals surface area contributed by atoms with Crippen molar-refractivity contribution in [3.8, 4) is 0 Å². The van der Waals surface area contributed by atoms with Gasteiger partial charge in [-0.1, -0.05) is 13.0 Å². The molecule has 1 aromatic carbocycles. The van der Waals surface area contributed by atoms with Gasteiger partial charge < -0.3 is 26.4 Å². The number of aliphatic hydroxyl groups excluding tert-OH is 1. The fourth-order valence-electron chi connectivity index (χ4n) is 4.75. The van der Waals surface area contributed by atoms with E-state index in [0.717, 1.165) is 25.2 Å². The van der Waals surface area contributed by atoms with Crippen LogP contribution in [0.3, 0.4) is 0 Å². The molecule has 0 fully saturated rings. The summed E-state index contributed by atoms with van der Waals surface area (Å²) in [6.45, 7) is 4.24. The summed E-state index contributed by atoms with van der Waals surface area (Å²) in [5.41, 5.74) is 6.21. The Morgan fingerprint density at radius 3 is 2.68 bits per heavy atom. The molecule has 2 amide bonds. The van der Waals surface area contributed by atoms with Gasteiger partial charge in [0.1, 0.15) is 23.5 Å². The number of amides is 2. The Morgan fingerprint density at radius 2 is 2.00 bits per heavy atom. The highest BCUT2D eigenvalue weighted by molar-refractivity contribution is 5.91. The van der Waals surface area contributed by atoms with Gasteiger partial charge in [0.2, 0.25) is 0 Å². The molecule has 3 aromatic rings. The van der Waals surface area contributed by atoms with Gasteiger partial charge >= 0.3 is 12.2 Å². The smallest absolute Gasteiger partial charge is 0.395 e. The Kier molecular flexibility index (Phi) is 9.23. The van der Waals surface area contributed by atoms with Crippen LogP contribution in [0.25, 0.3) is 5.52 Å². The van der Waals surface area contributed by atoms with Crippen LogP contribution in [0.15, 0.2) is 54.3 Å². The Balaban J connectivity index is 1.48. The summed E-state index contributed by atoms with van der Waals surface area (Å²) in [6, 6.07) is 2.39. The number of anilines is 2. The van der Waals surface area contributed by atoms with Crippen LogP contribution in [0.1, 0.15) is 42.5 Å². The molecule has 5 N–H and O–H groups in total. The normalized spacial score (nSPS) is 15.7. The number of urea groups is 1. The molecule has 1 aliphatic rings. The molecule has 1 aliphatic carbocycles. The molecule has 2 aromatic heterocycles. The van der Waals surface area contributed by atoms with E-state index in [-0.39, 0.29) is 24.5 Å². The molecule has 0 bridgehead atoms. The van der Waals surface area contributed by atoms with E-state index in [9.17, 15) is 27.5 Å². The fraction of sp³-hybridized carbons (Fsp3) is 0.370. The quantitative estimate of drug-likeness (QED) is 0.257. The molecule has 4 rings (SSSR count). The predicted octanol–water partition coefficient (Wildman–Crippen LogP) is 4.76. The number of nitrogen functional groups attached to an aromatic ring is 1. The summed E-state index contributed by atoms with van der Waals surface area (Å²) in [6.07, 6.45) is 0.894. The molecule has 2 heterocycles. The lowest BCUT2D eigenvalue weighted by atomic mass is 9.91. The molecule has 0 spiro atoms. The molecule has 220 valence electrons. The number of allylic oxidation sites excluding steroid dienone is 3. The number of alkyl halides is 3. The van der Waals surface area contributed by atoms with Gasteiger partial charge in [-0.3, -0.25) is 0 Å². The summed E-state index contributed by atoms with van der Waals surface area (Å²) >= 11 is 0. The Bertz CT molecular complexity index is 1470. The highest BCUT2D eigenvalue weighted by Crippen LogP contribution is 2.37. The van der Waals surface area contributed by atoms with Crippen LogP contribution >= 0.6 is 0 Å². The number of rotatable bonds is 10. The summed E-state index contributed by atoms with van der Waals surface area (Å²) in [4.78, 5) is 18.6. The highest BCUT2D eigenvalue weighted by atomic mass is 19.4. The second kappa shape index (κ2) is 12.6. The van der Waals surface area contributed by atoms with Gasteiger partial charge in [0.25, 0.3) is 0 Å². The monoisotopic (exact) mass is 579 g/mol. The first kappa shape index (κ1) is 29.9. The number of benzene rings is 1. The van der Waals surface area contributed by atoms with Crippen LogP contribution in [0.2, 0.25) is 0 Å². The molecule has 14 heteroatoms. The number of nitrogens with two attached hydrogens (primary N) is 1. The molecule has 0 saturated carbocycles. The Labute approximate surface area is 232 Å². The van der Waals surface area contributed by atoms with E-state index in [1.165, 1.54) is 12.4 Å². The van der Waals surface area contributed by atoms with E-state index in [4.69, 9.17) is 5.73 Å². The molecule has 1 unspecified atom stereocenters. The van der Waals surface area contributed by atoms with Crippen molar-refractivity contribution in [1.82, 2.24) is 24.8 Å². The number of carbonyl (C=O) groups excluding carboxylic acids is 1. The third-order valence-corrected chi connectivity index (χ3v) is 6.83. The number of hydrogen-bond donors (Lipinski definition) is 4. The van der Waals surface area contributed by atoms with Gasteiger partial charge in [-0.25, -0.2) is 23.1 Å². The zero-order valence-corrected chi connectivity index (χ0v) is 22.2. The van der Waals surface area contributed by atoms with Gasteiger partial charge in [-0.05, 0) is 61.8 Å². The predicted molar refractivity (Wildman–Crippen MR) is 143 cm³/mol. The summed E-state index contributed by atoms with van der Waals surface area (Å²) in [7, 11) is 0. The topological polar surface area (TPSA) is 121 Å². The molecule has 0 saturated heterocycles. The minimum atomic E-state index is -4.73. The largest absolute Gasteiger partial charge is 0.416 e. The van der Waals surface area contributed by atoms with Gasteiger partial charge in [0, 0.05) is 24.6 Å². The molecule has 0 aliphatic heterocycles. The second-order valence-electron chi connectivity index (χ2n) is 9.52. The number of halogens is 5. The SMILES string of the molecule is CCN(CCO)CCCc1cc(C2C=CC(NC(=O)Nc3cc(C(F)(F)F)ccc3F)=C(F)C2)c2c(N)ncnn12. The summed E-state index contributed by atoms with van der Waals surface area (Å²) in [5, 5.41) is 17.8. The maximum atomic E-state index is 15.2. The van der Waals surface area contributed by atoms with E-state index in [1.807, 2.05) is 18.3 Å². The number of carbonyl (C=O) groups is 1. The van der Waals surface area contributed by atoms with E-state index in [0.29, 0.717) is 42.2 Å². The molecule has 1 atom stereocenters. The minimum Gasteiger partial charge on any atom is -0.395 e.